The van der Waals surface area contributed by atoms with Crippen molar-refractivity contribution in [3.8, 4) is 5.75 Å². The average Bonchev–Trinajstić information content (AvgIpc) is 2.91. The van der Waals surface area contributed by atoms with Gasteiger partial charge in [-0.25, -0.2) is 0 Å². The highest BCUT2D eigenvalue weighted by atomic mass is 16.3. The molecule has 1 aromatic heterocycles. The zero-order valence-corrected chi connectivity index (χ0v) is 20.7. The number of piperazine rings is 1. The Bertz CT molecular complexity index is 1170. The first-order chi connectivity index (χ1) is 17.1. The van der Waals surface area contributed by atoms with Crippen molar-refractivity contribution in [3.63, 3.8) is 0 Å². The molecule has 2 aliphatic rings. The van der Waals surface area contributed by atoms with Crippen LogP contribution in [0.4, 0.5) is 0 Å². The van der Waals surface area contributed by atoms with Crippen molar-refractivity contribution in [3.05, 3.63) is 71.4 Å². The molecule has 2 heterocycles. The topological polar surface area (TPSA) is 59.9 Å². The number of hydrogen-bond donors (Lipinski definition) is 1. The van der Waals surface area contributed by atoms with Gasteiger partial charge in [0.2, 0.25) is 0 Å². The lowest BCUT2D eigenvalue weighted by atomic mass is 9.87. The fraction of sp³-hybridized carbons (Fsp3) is 0.448. The second-order valence-electron chi connectivity index (χ2n) is 9.87. The van der Waals surface area contributed by atoms with Crippen molar-refractivity contribution in [1.82, 2.24) is 19.7 Å². The third-order valence-electron chi connectivity index (χ3n) is 7.69. The standard InChI is InChI=1S/C29H36N4O2/c1-2-14-32(25-11-9-22-6-3-4-7-24(22)21-25)18-15-31-16-19-33(20-17-31)29(35)26-12-10-23-8-5-13-30-27(23)28(26)34/h3-8,10,12-13,25,34H,2,9,11,14-21H2,1H3/t25-/m1/s1. The number of hydrogen-bond acceptors (Lipinski definition) is 5. The molecule has 1 atom stereocenters. The van der Waals surface area contributed by atoms with E-state index >= 15 is 0 Å². The molecule has 184 valence electrons. The molecule has 5 rings (SSSR count). The number of rotatable bonds is 7. The van der Waals surface area contributed by atoms with Crippen LogP contribution < -0.4 is 0 Å². The van der Waals surface area contributed by atoms with Gasteiger partial charge in [0, 0.05) is 56.9 Å². The molecule has 0 saturated carbocycles. The first-order valence-corrected chi connectivity index (χ1v) is 13.0. The van der Waals surface area contributed by atoms with Gasteiger partial charge in [-0.05, 0) is 55.5 Å². The molecule has 0 radical (unpaired) electrons. The third-order valence-corrected chi connectivity index (χ3v) is 7.69. The van der Waals surface area contributed by atoms with Crippen LogP contribution in [0.3, 0.4) is 0 Å². The third kappa shape index (κ3) is 5.19. The van der Waals surface area contributed by atoms with Gasteiger partial charge in [-0.2, -0.15) is 0 Å². The number of phenols is 1. The Hall–Kier alpha value is -2.96. The number of carbonyl (C=O) groups is 1. The Morgan fingerprint density at radius 2 is 1.83 bits per heavy atom. The number of phenolic OH excluding ortho intramolecular Hbond substituents is 1. The van der Waals surface area contributed by atoms with Crippen LogP contribution >= 0.6 is 0 Å². The summed E-state index contributed by atoms with van der Waals surface area (Å²) in [5.41, 5.74) is 3.87. The van der Waals surface area contributed by atoms with Crippen LogP contribution in [0.2, 0.25) is 0 Å². The van der Waals surface area contributed by atoms with E-state index in [1.165, 1.54) is 30.4 Å². The maximum absolute atomic E-state index is 13.1. The van der Waals surface area contributed by atoms with E-state index in [0.717, 1.165) is 44.5 Å². The van der Waals surface area contributed by atoms with E-state index < -0.39 is 0 Å². The monoisotopic (exact) mass is 472 g/mol. The van der Waals surface area contributed by atoms with Crippen LogP contribution in [-0.2, 0) is 12.8 Å². The molecule has 3 aromatic rings. The van der Waals surface area contributed by atoms with Gasteiger partial charge in [0.1, 0.15) is 5.52 Å². The average molecular weight is 473 g/mol. The second kappa shape index (κ2) is 10.8. The lowest BCUT2D eigenvalue weighted by molar-refractivity contribution is 0.0606. The van der Waals surface area contributed by atoms with Crippen molar-refractivity contribution < 1.29 is 9.90 Å². The summed E-state index contributed by atoms with van der Waals surface area (Å²) in [5, 5.41) is 11.5. The molecular weight excluding hydrogens is 436 g/mol. The number of aromatic nitrogens is 1. The molecule has 1 saturated heterocycles. The van der Waals surface area contributed by atoms with Crippen molar-refractivity contribution in [2.24, 2.45) is 0 Å². The number of aromatic hydroxyl groups is 1. The molecule has 1 N–H and O–H groups in total. The molecule has 2 aromatic carbocycles. The van der Waals surface area contributed by atoms with Crippen molar-refractivity contribution in [1.29, 1.82) is 0 Å². The van der Waals surface area contributed by atoms with E-state index in [1.54, 1.807) is 12.3 Å². The van der Waals surface area contributed by atoms with Gasteiger partial charge in [0.05, 0.1) is 5.56 Å². The molecule has 1 fully saturated rings. The van der Waals surface area contributed by atoms with E-state index in [0.29, 0.717) is 30.2 Å². The minimum atomic E-state index is -0.108. The number of nitrogens with zero attached hydrogens (tertiary/aromatic N) is 4. The Morgan fingerprint density at radius 1 is 1.03 bits per heavy atom. The van der Waals surface area contributed by atoms with E-state index in [1.807, 2.05) is 23.1 Å². The summed E-state index contributed by atoms with van der Waals surface area (Å²) in [4.78, 5) is 24.4. The van der Waals surface area contributed by atoms with Crippen LogP contribution in [0.15, 0.2) is 54.7 Å². The maximum Gasteiger partial charge on any atom is 0.257 e. The quantitative estimate of drug-likeness (QED) is 0.564. The molecule has 1 aliphatic heterocycles. The lowest BCUT2D eigenvalue weighted by Crippen LogP contribution is -2.51. The highest BCUT2D eigenvalue weighted by Crippen LogP contribution is 2.28. The van der Waals surface area contributed by atoms with Gasteiger partial charge in [-0.15, -0.1) is 0 Å². The molecule has 0 spiro atoms. The largest absolute Gasteiger partial charge is 0.505 e. The molecular formula is C29H36N4O2. The van der Waals surface area contributed by atoms with Crippen LogP contribution in [-0.4, -0.2) is 82.6 Å². The van der Waals surface area contributed by atoms with Crippen LogP contribution in [0.25, 0.3) is 10.9 Å². The van der Waals surface area contributed by atoms with Gasteiger partial charge >= 0.3 is 0 Å². The molecule has 0 bridgehead atoms. The van der Waals surface area contributed by atoms with Gasteiger partial charge in [0.25, 0.3) is 5.91 Å². The zero-order chi connectivity index (χ0) is 24.2. The zero-order valence-electron chi connectivity index (χ0n) is 20.7. The van der Waals surface area contributed by atoms with Crippen molar-refractivity contribution in [2.45, 2.75) is 38.6 Å². The van der Waals surface area contributed by atoms with Crippen molar-refractivity contribution in [2.75, 3.05) is 45.8 Å². The second-order valence-corrected chi connectivity index (χ2v) is 9.87. The number of benzene rings is 2. The Labute approximate surface area is 208 Å². The molecule has 1 aliphatic carbocycles. The van der Waals surface area contributed by atoms with E-state index in [4.69, 9.17) is 0 Å². The first kappa shape index (κ1) is 23.8. The minimum absolute atomic E-state index is 0.0141. The predicted octanol–water partition coefficient (Wildman–Crippen LogP) is 3.97. The predicted molar refractivity (Wildman–Crippen MR) is 140 cm³/mol. The molecule has 35 heavy (non-hydrogen) atoms. The van der Waals surface area contributed by atoms with E-state index in [2.05, 4.69) is 46.0 Å². The van der Waals surface area contributed by atoms with Gasteiger partial charge < -0.3 is 10.0 Å². The molecule has 6 heteroatoms. The Kier molecular flexibility index (Phi) is 7.30. The molecule has 0 unspecified atom stereocenters. The fourth-order valence-corrected chi connectivity index (χ4v) is 5.67. The number of fused-ring (bicyclic) bond motifs is 2. The first-order valence-electron chi connectivity index (χ1n) is 13.0. The highest BCUT2D eigenvalue weighted by Gasteiger charge is 2.27. The summed E-state index contributed by atoms with van der Waals surface area (Å²) < 4.78 is 0. The number of pyridine rings is 1. The SMILES string of the molecule is CCCN(CCN1CCN(C(=O)c2ccc3cccnc3c2O)CC1)[C@@H]1CCc2ccccc2C1. The molecule has 1 amide bonds. The summed E-state index contributed by atoms with van der Waals surface area (Å²) in [7, 11) is 0. The number of amides is 1. The van der Waals surface area contributed by atoms with Crippen LogP contribution in [0.5, 0.6) is 5.75 Å². The van der Waals surface area contributed by atoms with E-state index in [9.17, 15) is 9.90 Å². The van der Waals surface area contributed by atoms with E-state index in [-0.39, 0.29) is 11.7 Å². The summed E-state index contributed by atoms with van der Waals surface area (Å²) in [6.45, 7) is 8.62. The minimum Gasteiger partial charge on any atom is -0.505 e. The summed E-state index contributed by atoms with van der Waals surface area (Å²) in [5.74, 6) is -0.122. The Morgan fingerprint density at radius 3 is 2.63 bits per heavy atom. The van der Waals surface area contributed by atoms with Gasteiger partial charge in [-0.1, -0.05) is 43.3 Å². The highest BCUT2D eigenvalue weighted by molar-refractivity contribution is 6.02. The summed E-state index contributed by atoms with van der Waals surface area (Å²) in [6.07, 6.45) is 6.39. The number of aryl methyl sites for hydroxylation is 1. The Balaban J connectivity index is 1.15. The summed E-state index contributed by atoms with van der Waals surface area (Å²) >= 11 is 0. The smallest absolute Gasteiger partial charge is 0.257 e. The van der Waals surface area contributed by atoms with Gasteiger partial charge in [0.15, 0.2) is 5.75 Å². The van der Waals surface area contributed by atoms with Crippen molar-refractivity contribution >= 4 is 16.8 Å². The van der Waals surface area contributed by atoms with Crippen LogP contribution in [0, 0.1) is 0 Å². The maximum atomic E-state index is 13.1. The lowest BCUT2D eigenvalue weighted by Gasteiger charge is -2.39. The number of carbonyl (C=O) groups excluding carboxylic acids is 1. The summed E-state index contributed by atoms with van der Waals surface area (Å²) in [6, 6.07) is 16.8. The fourth-order valence-electron chi connectivity index (χ4n) is 5.67. The van der Waals surface area contributed by atoms with Crippen LogP contribution in [0.1, 0.15) is 41.3 Å². The molecule has 6 nitrogen and oxygen atoms in total. The van der Waals surface area contributed by atoms with Gasteiger partial charge in [-0.3, -0.25) is 19.6 Å². The normalized spacial score (nSPS) is 18.7.